The number of hydrogen-bond donors (Lipinski definition) is 1. The summed E-state index contributed by atoms with van der Waals surface area (Å²) in [4.78, 5) is 15.1. The Hall–Kier alpha value is -1.85. The molecule has 0 bridgehead atoms. The van der Waals surface area contributed by atoms with Gasteiger partial charge in [0.25, 0.3) is 5.91 Å². The first-order chi connectivity index (χ1) is 13.2. The Morgan fingerprint density at radius 1 is 1.04 bits per heavy atom. The number of methoxy groups -OCH3 is 1. The van der Waals surface area contributed by atoms with E-state index in [0.717, 1.165) is 23.3 Å². The maximum Gasteiger partial charge on any atom is 0.251 e. The molecule has 2 aromatic carbocycles. The number of likely N-dealkylation sites (tertiary alicyclic amines) is 1. The molecule has 1 aliphatic rings. The summed E-state index contributed by atoms with van der Waals surface area (Å²) in [6.45, 7) is 2.75. The van der Waals surface area contributed by atoms with Crippen LogP contribution in [0.3, 0.4) is 0 Å². The Labute approximate surface area is 170 Å². The van der Waals surface area contributed by atoms with Crippen LogP contribution in [0.1, 0.15) is 47.6 Å². The second-order valence-corrected chi connectivity index (χ2v) is 7.87. The van der Waals surface area contributed by atoms with Gasteiger partial charge in [0.1, 0.15) is 5.75 Å². The number of ether oxygens (including phenoxy) is 1. The lowest BCUT2D eigenvalue weighted by atomic mass is 10.0. The summed E-state index contributed by atoms with van der Waals surface area (Å²) in [5.74, 6) is 0.822. The quantitative estimate of drug-likeness (QED) is 0.714. The van der Waals surface area contributed by atoms with E-state index >= 15 is 0 Å². The zero-order valence-corrected chi connectivity index (χ0v) is 17.4. The van der Waals surface area contributed by atoms with Gasteiger partial charge in [-0.15, -0.1) is 0 Å². The first-order valence-electron chi connectivity index (χ1n) is 9.59. The Morgan fingerprint density at radius 2 is 1.67 bits per heavy atom. The molecule has 1 N–H and O–H groups in total. The molecular weight excluding hydrogens is 404 g/mol. The molecule has 1 atom stereocenters. The molecule has 1 saturated heterocycles. The number of benzene rings is 2. The van der Waals surface area contributed by atoms with Gasteiger partial charge in [-0.05, 0) is 67.9 Å². The van der Waals surface area contributed by atoms with Crippen molar-refractivity contribution in [3.8, 4) is 5.75 Å². The maximum atomic E-state index is 12.6. The van der Waals surface area contributed by atoms with Crippen molar-refractivity contribution in [2.45, 2.75) is 31.7 Å². The van der Waals surface area contributed by atoms with Crippen molar-refractivity contribution >= 4 is 21.8 Å². The van der Waals surface area contributed by atoms with Gasteiger partial charge < -0.3 is 10.1 Å². The summed E-state index contributed by atoms with van der Waals surface area (Å²) in [5, 5.41) is 3.14. The van der Waals surface area contributed by atoms with Gasteiger partial charge in [0.2, 0.25) is 0 Å². The average Bonchev–Trinajstić information content (AvgIpc) is 2.98. The molecule has 5 heteroatoms. The van der Waals surface area contributed by atoms with Crippen LogP contribution in [0.25, 0.3) is 0 Å². The number of carbonyl (C=O) groups is 1. The lowest BCUT2D eigenvalue weighted by Gasteiger charge is -2.31. The van der Waals surface area contributed by atoms with Crippen LogP contribution in [-0.4, -0.2) is 37.6 Å². The highest BCUT2D eigenvalue weighted by Gasteiger charge is 2.22. The summed E-state index contributed by atoms with van der Waals surface area (Å²) >= 11 is 3.41. The summed E-state index contributed by atoms with van der Waals surface area (Å²) in [6.07, 6.45) is 5.01. The van der Waals surface area contributed by atoms with Crippen LogP contribution < -0.4 is 10.1 Å². The number of nitrogens with zero attached hydrogens (tertiary/aromatic N) is 1. The third-order valence-electron chi connectivity index (χ3n) is 5.14. The summed E-state index contributed by atoms with van der Waals surface area (Å²) in [6, 6.07) is 15.9. The van der Waals surface area contributed by atoms with Crippen molar-refractivity contribution < 1.29 is 9.53 Å². The number of rotatable bonds is 6. The van der Waals surface area contributed by atoms with Crippen molar-refractivity contribution in [1.82, 2.24) is 10.2 Å². The highest BCUT2D eigenvalue weighted by Crippen LogP contribution is 2.25. The van der Waals surface area contributed by atoms with E-state index < -0.39 is 0 Å². The van der Waals surface area contributed by atoms with E-state index in [9.17, 15) is 4.79 Å². The highest BCUT2D eigenvalue weighted by atomic mass is 79.9. The van der Waals surface area contributed by atoms with Crippen LogP contribution in [0.15, 0.2) is 53.0 Å². The minimum absolute atomic E-state index is 0.0316. The molecule has 27 heavy (non-hydrogen) atoms. The smallest absolute Gasteiger partial charge is 0.251 e. The topological polar surface area (TPSA) is 41.6 Å². The van der Waals surface area contributed by atoms with Gasteiger partial charge in [-0.3, -0.25) is 9.69 Å². The molecule has 2 aromatic rings. The average molecular weight is 431 g/mol. The summed E-state index contributed by atoms with van der Waals surface area (Å²) < 4.78 is 6.26. The molecule has 1 fully saturated rings. The van der Waals surface area contributed by atoms with E-state index in [1.54, 1.807) is 7.11 Å². The van der Waals surface area contributed by atoms with E-state index in [4.69, 9.17) is 4.74 Å². The molecule has 0 radical (unpaired) electrons. The molecule has 3 rings (SSSR count). The molecule has 4 nitrogen and oxygen atoms in total. The van der Waals surface area contributed by atoms with Gasteiger partial charge in [0.05, 0.1) is 13.2 Å². The normalized spacial score (nSPS) is 16.4. The predicted molar refractivity (Wildman–Crippen MR) is 112 cm³/mol. The number of hydrogen-bond acceptors (Lipinski definition) is 3. The zero-order chi connectivity index (χ0) is 19.1. The Kier molecular flexibility index (Phi) is 7.30. The predicted octanol–water partition coefficient (Wildman–Crippen LogP) is 4.80. The van der Waals surface area contributed by atoms with Crippen molar-refractivity contribution in [2.75, 3.05) is 26.7 Å². The van der Waals surface area contributed by atoms with Crippen molar-refractivity contribution in [2.24, 2.45) is 0 Å². The number of halogens is 1. The SMILES string of the molecule is COc1ccc(C(CNC(=O)c2ccc(Br)cc2)N2CCCCCC2)cc1. The Bertz CT molecular complexity index is 723. The Balaban J connectivity index is 1.73. The minimum atomic E-state index is -0.0316. The second-order valence-electron chi connectivity index (χ2n) is 6.96. The molecule has 1 heterocycles. The largest absolute Gasteiger partial charge is 0.497 e. The molecule has 0 spiro atoms. The van der Waals surface area contributed by atoms with Crippen molar-refractivity contribution in [3.63, 3.8) is 0 Å². The van der Waals surface area contributed by atoms with E-state index in [1.165, 1.54) is 31.2 Å². The fourth-order valence-corrected chi connectivity index (χ4v) is 3.85. The van der Waals surface area contributed by atoms with E-state index in [-0.39, 0.29) is 11.9 Å². The molecule has 0 aliphatic carbocycles. The van der Waals surface area contributed by atoms with Crippen LogP contribution in [0.2, 0.25) is 0 Å². The fourth-order valence-electron chi connectivity index (χ4n) is 3.58. The molecule has 1 amide bonds. The number of nitrogens with one attached hydrogen (secondary N) is 1. The van der Waals surface area contributed by atoms with Gasteiger partial charge in [-0.1, -0.05) is 40.9 Å². The van der Waals surface area contributed by atoms with Gasteiger partial charge in [-0.25, -0.2) is 0 Å². The second kappa shape index (κ2) is 9.90. The summed E-state index contributed by atoms with van der Waals surface area (Å²) in [5.41, 5.74) is 1.90. The van der Waals surface area contributed by atoms with Gasteiger partial charge in [-0.2, -0.15) is 0 Å². The van der Waals surface area contributed by atoms with Gasteiger partial charge in [0.15, 0.2) is 0 Å². The monoisotopic (exact) mass is 430 g/mol. The van der Waals surface area contributed by atoms with Crippen LogP contribution in [0, 0.1) is 0 Å². The molecule has 0 aromatic heterocycles. The standard InChI is InChI=1S/C22H27BrN2O2/c1-27-20-12-8-17(9-13-20)21(25-14-4-2-3-5-15-25)16-24-22(26)18-6-10-19(23)11-7-18/h6-13,21H,2-5,14-16H2,1H3,(H,24,26). The number of amides is 1. The summed E-state index contributed by atoms with van der Waals surface area (Å²) in [7, 11) is 1.68. The first kappa shape index (κ1) is 19.9. The van der Waals surface area contributed by atoms with E-state index in [0.29, 0.717) is 12.1 Å². The van der Waals surface area contributed by atoms with Crippen LogP contribution >= 0.6 is 15.9 Å². The first-order valence-corrected chi connectivity index (χ1v) is 10.4. The number of carbonyl (C=O) groups excluding carboxylic acids is 1. The third-order valence-corrected chi connectivity index (χ3v) is 5.67. The molecule has 144 valence electrons. The van der Waals surface area contributed by atoms with E-state index in [2.05, 4.69) is 38.3 Å². The van der Waals surface area contributed by atoms with Crippen LogP contribution in [0.5, 0.6) is 5.75 Å². The van der Waals surface area contributed by atoms with Crippen LogP contribution in [0.4, 0.5) is 0 Å². The molecule has 1 unspecified atom stereocenters. The molecule has 0 saturated carbocycles. The zero-order valence-electron chi connectivity index (χ0n) is 15.8. The van der Waals surface area contributed by atoms with Gasteiger partial charge in [0, 0.05) is 16.6 Å². The minimum Gasteiger partial charge on any atom is -0.497 e. The van der Waals surface area contributed by atoms with Crippen LogP contribution in [-0.2, 0) is 0 Å². The molecular formula is C22H27BrN2O2. The lowest BCUT2D eigenvalue weighted by molar-refractivity contribution is 0.0933. The lowest BCUT2D eigenvalue weighted by Crippen LogP contribution is -2.38. The van der Waals surface area contributed by atoms with Crippen molar-refractivity contribution in [1.29, 1.82) is 0 Å². The molecule has 1 aliphatic heterocycles. The third kappa shape index (κ3) is 5.56. The van der Waals surface area contributed by atoms with E-state index in [1.807, 2.05) is 36.4 Å². The maximum absolute atomic E-state index is 12.6. The fraction of sp³-hybridized carbons (Fsp3) is 0.409. The van der Waals surface area contributed by atoms with Gasteiger partial charge >= 0.3 is 0 Å². The Morgan fingerprint density at radius 3 is 2.26 bits per heavy atom. The highest BCUT2D eigenvalue weighted by molar-refractivity contribution is 9.10. The van der Waals surface area contributed by atoms with Crippen molar-refractivity contribution in [3.05, 3.63) is 64.1 Å².